The number of nitrogens with one attached hydrogen (secondary N) is 1. The molecule has 1 aromatic carbocycles. The molecule has 0 fully saturated rings. The molecule has 0 saturated carbocycles. The van der Waals surface area contributed by atoms with Gasteiger partial charge in [0.15, 0.2) is 0 Å². The number of hydrogen-bond donors (Lipinski definition) is 1. The second-order valence-electron chi connectivity index (χ2n) is 4.43. The van der Waals surface area contributed by atoms with Crippen LogP contribution in [0.1, 0.15) is 12.5 Å². The number of hydrogen-bond acceptors (Lipinski definition) is 4. The molecule has 0 unspecified atom stereocenters. The summed E-state index contributed by atoms with van der Waals surface area (Å²) in [5.74, 6) is -0.607. The summed E-state index contributed by atoms with van der Waals surface area (Å²) in [7, 11) is 0. The number of alkyl halides is 3. The second-order valence-corrected chi connectivity index (χ2v) is 4.43. The summed E-state index contributed by atoms with van der Waals surface area (Å²) >= 11 is 0. The lowest BCUT2D eigenvalue weighted by Crippen LogP contribution is -2.12. The third-order valence-corrected chi connectivity index (χ3v) is 2.57. The van der Waals surface area contributed by atoms with Crippen LogP contribution < -0.4 is 5.32 Å². The number of carbonyl (C=O) groups excluding carboxylic acids is 1. The van der Waals surface area contributed by atoms with Crippen molar-refractivity contribution in [2.75, 3.05) is 25.1 Å². The Bertz CT molecular complexity index is 568. The molecule has 0 heterocycles. The van der Waals surface area contributed by atoms with Gasteiger partial charge in [0, 0.05) is 17.5 Å². The van der Waals surface area contributed by atoms with Gasteiger partial charge in [-0.2, -0.15) is 13.2 Å². The van der Waals surface area contributed by atoms with Gasteiger partial charge in [0.05, 0.1) is 25.4 Å². The van der Waals surface area contributed by atoms with Gasteiger partial charge in [0.2, 0.25) is 0 Å². The Labute approximate surface area is 132 Å². The molecule has 7 heteroatoms. The third kappa shape index (κ3) is 7.01. The second kappa shape index (κ2) is 8.99. The molecule has 0 aliphatic rings. The Morgan fingerprint density at radius 3 is 2.74 bits per heavy atom. The van der Waals surface area contributed by atoms with E-state index in [9.17, 15) is 18.0 Å². The van der Waals surface area contributed by atoms with Gasteiger partial charge < -0.3 is 14.8 Å². The van der Waals surface area contributed by atoms with Crippen LogP contribution in [0.5, 0.6) is 0 Å². The van der Waals surface area contributed by atoms with Crippen LogP contribution in [0.25, 0.3) is 0 Å². The van der Waals surface area contributed by atoms with Gasteiger partial charge >= 0.3 is 12.1 Å². The normalized spacial score (nSPS) is 11.9. The molecular weight excluding hydrogens is 311 g/mol. The zero-order chi connectivity index (χ0) is 17.3. The molecule has 0 radical (unpaired) electrons. The summed E-state index contributed by atoms with van der Waals surface area (Å²) < 4.78 is 48.1. The smallest absolute Gasteiger partial charge is 0.416 e. The van der Waals surface area contributed by atoms with Crippen molar-refractivity contribution < 1.29 is 27.4 Å². The molecule has 4 nitrogen and oxygen atoms in total. The number of anilines is 1. The van der Waals surface area contributed by atoms with E-state index in [0.717, 1.165) is 18.2 Å². The molecule has 0 aliphatic heterocycles. The van der Waals surface area contributed by atoms with Gasteiger partial charge in [0.25, 0.3) is 0 Å². The molecule has 0 aliphatic carbocycles. The van der Waals surface area contributed by atoms with E-state index in [-0.39, 0.29) is 31.2 Å². The highest BCUT2D eigenvalue weighted by Gasteiger charge is 2.30. The monoisotopic (exact) mass is 329 g/mol. The minimum Gasteiger partial charge on any atom is -0.463 e. The van der Waals surface area contributed by atoms with Gasteiger partial charge in [0.1, 0.15) is 0 Å². The number of rotatable bonds is 8. The van der Waals surface area contributed by atoms with E-state index in [0.29, 0.717) is 0 Å². The van der Waals surface area contributed by atoms with Gasteiger partial charge in [-0.3, -0.25) is 0 Å². The van der Waals surface area contributed by atoms with Gasteiger partial charge in [-0.15, -0.1) is 6.58 Å². The summed E-state index contributed by atoms with van der Waals surface area (Å²) in [5, 5.41) is 2.74. The number of halogens is 3. The van der Waals surface area contributed by atoms with Crippen LogP contribution in [0.2, 0.25) is 0 Å². The lowest BCUT2D eigenvalue weighted by Gasteiger charge is -2.13. The highest BCUT2D eigenvalue weighted by atomic mass is 19.4. The summed E-state index contributed by atoms with van der Waals surface area (Å²) in [5.41, 5.74) is -0.313. The first-order valence-electron chi connectivity index (χ1n) is 6.87. The van der Waals surface area contributed by atoms with Crippen LogP contribution in [-0.2, 0) is 20.4 Å². The Hall–Kier alpha value is -2.28. The maximum Gasteiger partial charge on any atom is 0.416 e. The van der Waals surface area contributed by atoms with E-state index in [1.165, 1.54) is 18.2 Å². The van der Waals surface area contributed by atoms with Crippen LogP contribution in [0.15, 0.2) is 48.7 Å². The molecule has 0 bridgehead atoms. The quantitative estimate of drug-likeness (QED) is 0.341. The highest BCUT2D eigenvalue weighted by Crippen LogP contribution is 2.30. The Morgan fingerprint density at radius 1 is 1.39 bits per heavy atom. The molecule has 0 spiro atoms. The van der Waals surface area contributed by atoms with Crippen molar-refractivity contribution in [1.82, 2.24) is 0 Å². The molecule has 1 N–H and O–H groups in total. The maximum absolute atomic E-state index is 12.7. The van der Waals surface area contributed by atoms with Crippen molar-refractivity contribution in [3.8, 4) is 0 Å². The average molecular weight is 329 g/mol. The lowest BCUT2D eigenvalue weighted by molar-refractivity contribution is -0.138. The maximum atomic E-state index is 12.7. The summed E-state index contributed by atoms with van der Waals surface area (Å²) in [6.07, 6.45) is -1.78. The van der Waals surface area contributed by atoms with Crippen molar-refractivity contribution in [3.63, 3.8) is 0 Å². The van der Waals surface area contributed by atoms with Crippen molar-refractivity contribution in [2.24, 2.45) is 0 Å². The summed E-state index contributed by atoms with van der Waals surface area (Å²) in [4.78, 5) is 11.5. The zero-order valence-corrected chi connectivity index (χ0v) is 12.7. The Kier molecular flexibility index (Phi) is 7.34. The minimum atomic E-state index is -4.44. The fourth-order valence-corrected chi connectivity index (χ4v) is 1.65. The van der Waals surface area contributed by atoms with E-state index in [1.54, 1.807) is 6.92 Å². The lowest BCUT2D eigenvalue weighted by atomic mass is 10.2. The van der Waals surface area contributed by atoms with E-state index in [4.69, 9.17) is 9.47 Å². The number of benzene rings is 1. The van der Waals surface area contributed by atoms with E-state index in [1.807, 2.05) is 0 Å². The van der Waals surface area contributed by atoms with E-state index >= 15 is 0 Å². The SMILES string of the molecule is C=CCOC/C(=C\C(=O)OCC)Nc1cccc(C(F)(F)F)c1. The zero-order valence-electron chi connectivity index (χ0n) is 12.7. The standard InChI is InChI=1S/C16H18F3NO3/c1-3-8-22-11-14(10-15(21)23-4-2)20-13-7-5-6-12(9-13)16(17,18)19/h3,5-7,9-10,20H,1,4,8,11H2,2H3/b14-10+. The molecular formula is C16H18F3NO3. The van der Waals surface area contributed by atoms with E-state index in [2.05, 4.69) is 11.9 Å². The number of ether oxygens (including phenoxy) is 2. The fraction of sp³-hybridized carbons (Fsp3) is 0.312. The van der Waals surface area contributed by atoms with Crippen molar-refractivity contribution in [3.05, 3.63) is 54.3 Å². The largest absolute Gasteiger partial charge is 0.463 e. The predicted molar refractivity (Wildman–Crippen MR) is 80.8 cm³/mol. The Balaban J connectivity index is 2.91. The fourth-order valence-electron chi connectivity index (χ4n) is 1.65. The van der Waals surface area contributed by atoms with Crippen molar-refractivity contribution >= 4 is 11.7 Å². The van der Waals surface area contributed by atoms with Gasteiger partial charge in [-0.05, 0) is 25.1 Å². The molecule has 23 heavy (non-hydrogen) atoms. The first-order valence-corrected chi connectivity index (χ1v) is 6.87. The molecule has 1 rings (SSSR count). The average Bonchev–Trinajstić information content (AvgIpc) is 2.47. The number of esters is 1. The van der Waals surface area contributed by atoms with Crippen LogP contribution in [0.4, 0.5) is 18.9 Å². The highest BCUT2D eigenvalue weighted by molar-refractivity contribution is 5.83. The summed E-state index contributed by atoms with van der Waals surface area (Å²) in [6.45, 7) is 5.58. The molecule has 0 atom stereocenters. The van der Waals surface area contributed by atoms with Crippen LogP contribution in [-0.4, -0.2) is 25.8 Å². The van der Waals surface area contributed by atoms with Gasteiger partial charge in [-0.25, -0.2) is 4.79 Å². The molecule has 1 aromatic rings. The van der Waals surface area contributed by atoms with Crippen molar-refractivity contribution in [1.29, 1.82) is 0 Å². The van der Waals surface area contributed by atoms with E-state index < -0.39 is 17.7 Å². The minimum absolute atomic E-state index is 0.00107. The summed E-state index contributed by atoms with van der Waals surface area (Å²) in [6, 6.07) is 4.65. The van der Waals surface area contributed by atoms with Crippen LogP contribution in [0.3, 0.4) is 0 Å². The third-order valence-electron chi connectivity index (χ3n) is 2.57. The van der Waals surface area contributed by atoms with Crippen LogP contribution >= 0.6 is 0 Å². The van der Waals surface area contributed by atoms with Gasteiger partial charge in [-0.1, -0.05) is 12.1 Å². The first kappa shape index (κ1) is 18.8. The molecule has 126 valence electrons. The predicted octanol–water partition coefficient (Wildman–Crippen LogP) is 3.77. The molecule has 0 amide bonds. The van der Waals surface area contributed by atoms with Crippen molar-refractivity contribution in [2.45, 2.75) is 13.1 Å². The Morgan fingerprint density at radius 2 is 2.13 bits per heavy atom. The molecule has 0 saturated heterocycles. The molecule has 0 aromatic heterocycles. The first-order chi connectivity index (χ1) is 10.9. The number of carbonyl (C=O) groups is 1. The van der Waals surface area contributed by atoms with Crippen LogP contribution in [0, 0.1) is 0 Å². The topological polar surface area (TPSA) is 47.6 Å².